The SMILES string of the molecule is CNC(CO)(CN(C)C1CCOC1C)c1ccccc1. The maximum absolute atomic E-state index is 9.97. The summed E-state index contributed by atoms with van der Waals surface area (Å²) >= 11 is 0. The predicted molar refractivity (Wildman–Crippen MR) is 80.7 cm³/mol. The average Bonchev–Trinajstić information content (AvgIpc) is 2.92. The molecule has 0 amide bonds. The van der Waals surface area contributed by atoms with Gasteiger partial charge < -0.3 is 15.2 Å². The summed E-state index contributed by atoms with van der Waals surface area (Å²) in [5, 5.41) is 13.3. The van der Waals surface area contributed by atoms with Crippen molar-refractivity contribution >= 4 is 0 Å². The molecule has 3 atom stereocenters. The Bertz CT molecular complexity index is 406. The van der Waals surface area contributed by atoms with E-state index in [2.05, 4.69) is 36.3 Å². The van der Waals surface area contributed by atoms with E-state index in [0.717, 1.165) is 25.1 Å². The van der Waals surface area contributed by atoms with E-state index in [9.17, 15) is 5.11 Å². The fourth-order valence-corrected chi connectivity index (χ4v) is 3.13. The van der Waals surface area contributed by atoms with Gasteiger partial charge in [-0.1, -0.05) is 30.3 Å². The van der Waals surface area contributed by atoms with Gasteiger partial charge in [0.05, 0.1) is 18.2 Å². The lowest BCUT2D eigenvalue weighted by molar-refractivity contribution is 0.0583. The molecule has 1 aliphatic rings. The Hall–Kier alpha value is -0.940. The lowest BCUT2D eigenvalue weighted by Gasteiger charge is -2.39. The van der Waals surface area contributed by atoms with Gasteiger partial charge in [0.2, 0.25) is 0 Å². The smallest absolute Gasteiger partial charge is 0.0795 e. The molecule has 2 N–H and O–H groups in total. The Kier molecular flexibility index (Phi) is 5.16. The summed E-state index contributed by atoms with van der Waals surface area (Å²) in [5.74, 6) is 0. The lowest BCUT2D eigenvalue weighted by Crippen LogP contribution is -2.54. The summed E-state index contributed by atoms with van der Waals surface area (Å²) < 4.78 is 5.65. The van der Waals surface area contributed by atoms with Crippen LogP contribution >= 0.6 is 0 Å². The fourth-order valence-electron chi connectivity index (χ4n) is 3.13. The topological polar surface area (TPSA) is 44.7 Å². The summed E-state index contributed by atoms with van der Waals surface area (Å²) in [7, 11) is 4.02. The minimum absolute atomic E-state index is 0.0693. The maximum atomic E-state index is 9.97. The standard InChI is InChI=1S/C16H26N2O2/c1-13-15(9-10-20-13)18(3)11-16(12-19,17-2)14-7-5-4-6-8-14/h4-8,13,15,17,19H,9-12H2,1-3H3. The van der Waals surface area contributed by atoms with Crippen molar-refractivity contribution < 1.29 is 9.84 Å². The van der Waals surface area contributed by atoms with Crippen LogP contribution in [0.3, 0.4) is 0 Å². The highest BCUT2D eigenvalue weighted by Crippen LogP contribution is 2.25. The van der Waals surface area contributed by atoms with Crippen LogP contribution in [0.2, 0.25) is 0 Å². The van der Waals surface area contributed by atoms with Crippen molar-refractivity contribution in [3.63, 3.8) is 0 Å². The minimum Gasteiger partial charge on any atom is -0.394 e. The Morgan fingerprint density at radius 3 is 2.60 bits per heavy atom. The molecule has 4 nitrogen and oxygen atoms in total. The molecule has 1 heterocycles. The molecule has 0 spiro atoms. The lowest BCUT2D eigenvalue weighted by atomic mass is 9.89. The molecule has 112 valence electrons. The van der Waals surface area contributed by atoms with E-state index < -0.39 is 5.54 Å². The summed E-state index contributed by atoms with van der Waals surface area (Å²) in [6.07, 6.45) is 1.31. The second-order valence-corrected chi connectivity index (χ2v) is 5.70. The molecule has 3 unspecified atom stereocenters. The third-order valence-electron chi connectivity index (χ3n) is 4.50. The molecule has 1 saturated heterocycles. The van der Waals surface area contributed by atoms with Crippen LogP contribution in [0.1, 0.15) is 18.9 Å². The van der Waals surface area contributed by atoms with Crippen LogP contribution in [-0.4, -0.2) is 56.0 Å². The molecule has 1 aromatic carbocycles. The number of nitrogens with one attached hydrogen (secondary N) is 1. The predicted octanol–water partition coefficient (Wildman–Crippen LogP) is 1.20. The molecular weight excluding hydrogens is 252 g/mol. The second kappa shape index (κ2) is 6.68. The van der Waals surface area contributed by atoms with Crippen molar-refractivity contribution in [3.8, 4) is 0 Å². The quantitative estimate of drug-likeness (QED) is 0.821. The highest BCUT2D eigenvalue weighted by atomic mass is 16.5. The van der Waals surface area contributed by atoms with Crippen molar-refractivity contribution in [2.75, 3.05) is 33.9 Å². The molecule has 20 heavy (non-hydrogen) atoms. The zero-order valence-corrected chi connectivity index (χ0v) is 12.7. The molecule has 0 aliphatic carbocycles. The van der Waals surface area contributed by atoms with Crippen LogP contribution in [0.5, 0.6) is 0 Å². The Morgan fingerprint density at radius 2 is 2.10 bits per heavy atom. The molecule has 0 aromatic heterocycles. The summed E-state index contributed by atoms with van der Waals surface area (Å²) in [4.78, 5) is 2.30. The second-order valence-electron chi connectivity index (χ2n) is 5.70. The average molecular weight is 278 g/mol. The number of hydrogen-bond acceptors (Lipinski definition) is 4. The van der Waals surface area contributed by atoms with Crippen LogP contribution in [0.4, 0.5) is 0 Å². The van der Waals surface area contributed by atoms with Crippen molar-refractivity contribution in [1.29, 1.82) is 0 Å². The summed E-state index contributed by atoms with van der Waals surface area (Å²) in [6.45, 7) is 3.77. The number of rotatable bonds is 6. The van der Waals surface area contributed by atoms with Crippen molar-refractivity contribution in [2.45, 2.75) is 31.0 Å². The molecule has 2 rings (SSSR count). The van der Waals surface area contributed by atoms with E-state index in [-0.39, 0.29) is 12.7 Å². The van der Waals surface area contributed by atoms with Gasteiger partial charge in [-0.3, -0.25) is 4.90 Å². The monoisotopic (exact) mass is 278 g/mol. The van der Waals surface area contributed by atoms with Gasteiger partial charge in [-0.05, 0) is 33.0 Å². The first-order chi connectivity index (χ1) is 9.63. The van der Waals surface area contributed by atoms with Crippen LogP contribution in [-0.2, 0) is 10.3 Å². The van der Waals surface area contributed by atoms with E-state index in [1.165, 1.54) is 0 Å². The molecule has 0 saturated carbocycles. The Labute approximate surface area is 121 Å². The highest BCUT2D eigenvalue weighted by Gasteiger charge is 2.36. The highest BCUT2D eigenvalue weighted by molar-refractivity contribution is 5.25. The van der Waals surface area contributed by atoms with Gasteiger partial charge >= 0.3 is 0 Å². The third kappa shape index (κ3) is 3.04. The first-order valence-electron chi connectivity index (χ1n) is 7.30. The Morgan fingerprint density at radius 1 is 1.40 bits per heavy atom. The van der Waals surface area contributed by atoms with Gasteiger partial charge in [-0.2, -0.15) is 0 Å². The molecule has 1 aromatic rings. The van der Waals surface area contributed by atoms with Gasteiger partial charge in [0.15, 0.2) is 0 Å². The van der Waals surface area contributed by atoms with Crippen molar-refractivity contribution in [2.24, 2.45) is 0 Å². The fraction of sp³-hybridized carbons (Fsp3) is 0.625. The molecule has 0 radical (unpaired) electrons. The van der Waals surface area contributed by atoms with Gasteiger partial charge in [0.25, 0.3) is 0 Å². The number of hydrogen-bond donors (Lipinski definition) is 2. The molecule has 0 bridgehead atoms. The minimum atomic E-state index is -0.432. The van der Waals surface area contributed by atoms with Crippen molar-refractivity contribution in [3.05, 3.63) is 35.9 Å². The van der Waals surface area contributed by atoms with Crippen molar-refractivity contribution in [1.82, 2.24) is 10.2 Å². The summed E-state index contributed by atoms with van der Waals surface area (Å²) in [6, 6.07) is 10.6. The first kappa shape index (κ1) is 15.4. The van der Waals surface area contributed by atoms with Crippen LogP contribution in [0.15, 0.2) is 30.3 Å². The zero-order valence-electron chi connectivity index (χ0n) is 12.7. The summed E-state index contributed by atoms with van der Waals surface area (Å²) in [5.41, 5.74) is 0.682. The number of ether oxygens (including phenoxy) is 1. The van der Waals surface area contributed by atoms with E-state index in [4.69, 9.17) is 4.74 Å². The van der Waals surface area contributed by atoms with Gasteiger partial charge in [-0.15, -0.1) is 0 Å². The number of aliphatic hydroxyl groups excluding tert-OH is 1. The molecular formula is C16H26N2O2. The van der Waals surface area contributed by atoms with Gasteiger partial charge in [0.1, 0.15) is 0 Å². The normalized spacial score (nSPS) is 25.9. The van der Waals surface area contributed by atoms with E-state index in [0.29, 0.717) is 6.04 Å². The first-order valence-corrected chi connectivity index (χ1v) is 7.30. The van der Waals surface area contributed by atoms with Crippen LogP contribution < -0.4 is 5.32 Å². The van der Waals surface area contributed by atoms with E-state index in [1.807, 2.05) is 25.2 Å². The molecule has 1 fully saturated rings. The maximum Gasteiger partial charge on any atom is 0.0795 e. The van der Waals surface area contributed by atoms with Crippen LogP contribution in [0, 0.1) is 0 Å². The van der Waals surface area contributed by atoms with Gasteiger partial charge in [0, 0.05) is 19.2 Å². The molecule has 1 aliphatic heterocycles. The zero-order chi connectivity index (χ0) is 14.6. The number of aliphatic hydroxyl groups is 1. The Balaban J connectivity index is 2.17. The van der Waals surface area contributed by atoms with Crippen LogP contribution in [0.25, 0.3) is 0 Å². The number of benzene rings is 1. The third-order valence-corrected chi connectivity index (χ3v) is 4.50. The van der Waals surface area contributed by atoms with Gasteiger partial charge in [-0.25, -0.2) is 0 Å². The largest absolute Gasteiger partial charge is 0.394 e. The number of likely N-dealkylation sites (N-methyl/N-ethyl adjacent to an activating group) is 2. The number of nitrogens with zero attached hydrogens (tertiary/aromatic N) is 1. The van der Waals surface area contributed by atoms with E-state index >= 15 is 0 Å². The van der Waals surface area contributed by atoms with E-state index in [1.54, 1.807) is 0 Å². The molecule has 4 heteroatoms.